The van der Waals surface area contributed by atoms with Crippen LogP contribution in [0.15, 0.2) is 24.3 Å². The van der Waals surface area contributed by atoms with E-state index in [0.29, 0.717) is 17.5 Å². The smallest absolute Gasteiger partial charge is 0.357 e. The normalized spacial score (nSPS) is 25.2. The number of ether oxygens (including phenoxy) is 1. The molecule has 5 heteroatoms. The topological polar surface area (TPSA) is 47.4 Å². The van der Waals surface area contributed by atoms with Gasteiger partial charge in [-0.15, -0.1) is 0 Å². The molecule has 1 saturated carbocycles. The zero-order chi connectivity index (χ0) is 17.6. The fourth-order valence-corrected chi connectivity index (χ4v) is 3.36. The summed E-state index contributed by atoms with van der Waals surface area (Å²) < 4.78 is 7.72. The van der Waals surface area contributed by atoms with Crippen LogP contribution in [0.3, 0.4) is 0 Å². The number of imidazole rings is 1. The Hall–Kier alpha value is -2.04. The van der Waals surface area contributed by atoms with Crippen molar-refractivity contribution in [1.82, 2.24) is 9.55 Å². The number of carbonyl (C=O) groups excluding carboxylic acids is 1. The first-order chi connectivity index (χ1) is 11.2. The average Bonchev–Trinajstić information content (AvgIpc) is 3.13. The molecule has 0 N–H and O–H groups in total. The van der Waals surface area contributed by atoms with Gasteiger partial charge in [0.15, 0.2) is 5.69 Å². The SMILES string of the molecule is Cc1nc(N(C)C)n(C2C=CC=CC3CC32)c1C(=O)OC(C)(C)C. The lowest BCUT2D eigenvalue weighted by Gasteiger charge is -2.25. The van der Waals surface area contributed by atoms with Gasteiger partial charge in [0.25, 0.3) is 0 Å². The Morgan fingerprint density at radius 3 is 2.58 bits per heavy atom. The second-order valence-corrected chi connectivity index (χ2v) is 7.94. The van der Waals surface area contributed by atoms with Gasteiger partial charge in [0.2, 0.25) is 5.95 Å². The highest BCUT2D eigenvalue weighted by molar-refractivity contribution is 5.90. The molecule has 1 fully saturated rings. The van der Waals surface area contributed by atoms with Crippen LogP contribution in [0.25, 0.3) is 0 Å². The van der Waals surface area contributed by atoms with Crippen LogP contribution in [-0.2, 0) is 4.74 Å². The van der Waals surface area contributed by atoms with E-state index in [1.54, 1.807) is 0 Å². The molecule has 0 amide bonds. The highest BCUT2D eigenvalue weighted by Crippen LogP contribution is 2.50. The van der Waals surface area contributed by atoms with E-state index in [-0.39, 0.29) is 12.0 Å². The predicted molar refractivity (Wildman–Crippen MR) is 95.4 cm³/mol. The lowest BCUT2D eigenvalue weighted by Crippen LogP contribution is -2.28. The van der Waals surface area contributed by atoms with Gasteiger partial charge in [-0.25, -0.2) is 9.78 Å². The zero-order valence-electron chi connectivity index (χ0n) is 15.4. The summed E-state index contributed by atoms with van der Waals surface area (Å²) in [7, 11) is 3.92. The maximum Gasteiger partial charge on any atom is 0.357 e. The number of anilines is 1. The molecule has 1 aromatic rings. The van der Waals surface area contributed by atoms with Gasteiger partial charge in [0.1, 0.15) is 5.60 Å². The summed E-state index contributed by atoms with van der Waals surface area (Å²) >= 11 is 0. The van der Waals surface area contributed by atoms with Crippen molar-refractivity contribution in [2.24, 2.45) is 11.8 Å². The fourth-order valence-electron chi connectivity index (χ4n) is 3.36. The number of nitrogens with zero attached hydrogens (tertiary/aromatic N) is 3. The maximum atomic E-state index is 12.8. The van der Waals surface area contributed by atoms with E-state index in [0.717, 1.165) is 18.1 Å². The van der Waals surface area contributed by atoms with Crippen LogP contribution in [-0.4, -0.2) is 35.2 Å². The number of carbonyl (C=O) groups is 1. The first-order valence-electron chi connectivity index (χ1n) is 8.53. The van der Waals surface area contributed by atoms with Gasteiger partial charge in [0.05, 0.1) is 11.7 Å². The number of aryl methyl sites for hydroxylation is 1. The molecule has 0 saturated heterocycles. The third kappa shape index (κ3) is 3.12. The molecule has 1 heterocycles. The number of rotatable bonds is 3. The molecule has 3 atom stereocenters. The molecule has 0 bridgehead atoms. The molecule has 3 unspecified atom stereocenters. The summed E-state index contributed by atoms with van der Waals surface area (Å²) in [5.41, 5.74) is 0.756. The Morgan fingerprint density at radius 1 is 1.29 bits per heavy atom. The van der Waals surface area contributed by atoms with E-state index >= 15 is 0 Å². The van der Waals surface area contributed by atoms with Gasteiger partial charge in [-0.1, -0.05) is 24.3 Å². The van der Waals surface area contributed by atoms with Crippen LogP contribution in [0.5, 0.6) is 0 Å². The van der Waals surface area contributed by atoms with Gasteiger partial charge in [0, 0.05) is 14.1 Å². The molecule has 130 valence electrons. The summed E-state index contributed by atoms with van der Waals surface area (Å²) in [5.74, 6) is 1.61. The van der Waals surface area contributed by atoms with Gasteiger partial charge < -0.3 is 9.64 Å². The van der Waals surface area contributed by atoms with E-state index in [9.17, 15) is 4.79 Å². The maximum absolute atomic E-state index is 12.8. The number of hydrogen-bond acceptors (Lipinski definition) is 4. The highest BCUT2D eigenvalue weighted by atomic mass is 16.6. The minimum absolute atomic E-state index is 0.131. The zero-order valence-corrected chi connectivity index (χ0v) is 15.4. The number of hydrogen-bond donors (Lipinski definition) is 0. The lowest BCUT2D eigenvalue weighted by molar-refractivity contribution is 0.00553. The fraction of sp³-hybridized carbons (Fsp3) is 0.579. The minimum Gasteiger partial charge on any atom is -0.455 e. The molecule has 1 aromatic heterocycles. The van der Waals surface area contributed by atoms with E-state index in [1.807, 2.05) is 46.7 Å². The van der Waals surface area contributed by atoms with Crippen molar-refractivity contribution >= 4 is 11.9 Å². The molecule has 0 aliphatic heterocycles. The Balaban J connectivity index is 2.07. The van der Waals surface area contributed by atoms with E-state index in [2.05, 4.69) is 33.9 Å². The van der Waals surface area contributed by atoms with Crippen LogP contribution in [0.4, 0.5) is 5.95 Å². The summed E-state index contributed by atoms with van der Waals surface area (Å²) in [5, 5.41) is 0. The van der Waals surface area contributed by atoms with E-state index < -0.39 is 5.60 Å². The molecule has 3 rings (SSSR count). The summed E-state index contributed by atoms with van der Waals surface area (Å²) in [6, 6.07) is 0.131. The monoisotopic (exact) mass is 329 g/mol. The first kappa shape index (κ1) is 16.8. The molecule has 0 aromatic carbocycles. The standard InChI is InChI=1S/C19H27N3O2/c1-12-16(17(23)24-19(2,3)4)22(18(20-12)21(5)6)15-10-8-7-9-13-11-14(13)15/h7-10,13-15H,11H2,1-6H3. The quantitative estimate of drug-likeness (QED) is 0.796. The first-order valence-corrected chi connectivity index (χ1v) is 8.53. The lowest BCUT2D eigenvalue weighted by atomic mass is 10.1. The Morgan fingerprint density at radius 2 is 1.96 bits per heavy atom. The van der Waals surface area contributed by atoms with Gasteiger partial charge in [-0.3, -0.25) is 4.57 Å². The van der Waals surface area contributed by atoms with Crippen LogP contribution in [0.1, 0.15) is 49.4 Å². The van der Waals surface area contributed by atoms with Crippen molar-refractivity contribution in [3.05, 3.63) is 35.7 Å². The van der Waals surface area contributed by atoms with Crippen LogP contribution in [0, 0.1) is 18.8 Å². The summed E-state index contributed by atoms with van der Waals surface area (Å²) in [4.78, 5) is 19.5. The highest BCUT2D eigenvalue weighted by Gasteiger charge is 2.44. The Labute approximate surface area is 144 Å². The summed E-state index contributed by atoms with van der Waals surface area (Å²) in [6.07, 6.45) is 9.77. The number of aromatic nitrogens is 2. The van der Waals surface area contributed by atoms with Crippen LogP contribution in [0.2, 0.25) is 0 Å². The number of allylic oxidation sites excluding steroid dienone is 4. The largest absolute Gasteiger partial charge is 0.455 e. The molecule has 2 aliphatic carbocycles. The van der Waals surface area contributed by atoms with Gasteiger partial charge >= 0.3 is 5.97 Å². The van der Waals surface area contributed by atoms with Crippen molar-refractivity contribution in [2.45, 2.75) is 45.8 Å². The summed E-state index contributed by atoms with van der Waals surface area (Å²) in [6.45, 7) is 7.55. The van der Waals surface area contributed by atoms with Crippen LogP contribution < -0.4 is 4.90 Å². The van der Waals surface area contributed by atoms with Gasteiger partial charge in [-0.05, 0) is 46.0 Å². The number of fused-ring (bicyclic) bond motifs is 1. The van der Waals surface area contributed by atoms with Crippen molar-refractivity contribution in [2.75, 3.05) is 19.0 Å². The molecule has 2 aliphatic rings. The van der Waals surface area contributed by atoms with Crippen molar-refractivity contribution in [3.8, 4) is 0 Å². The molecule has 24 heavy (non-hydrogen) atoms. The van der Waals surface area contributed by atoms with E-state index in [4.69, 9.17) is 4.74 Å². The predicted octanol–water partition coefficient (Wildman–Crippen LogP) is 3.52. The Bertz CT molecular complexity index is 707. The Kier molecular flexibility index (Phi) is 4.06. The van der Waals surface area contributed by atoms with Crippen molar-refractivity contribution < 1.29 is 9.53 Å². The van der Waals surface area contributed by atoms with Crippen LogP contribution >= 0.6 is 0 Å². The molecule has 0 radical (unpaired) electrons. The molecule has 5 nitrogen and oxygen atoms in total. The second kappa shape index (κ2) is 5.80. The molecule has 0 spiro atoms. The van der Waals surface area contributed by atoms with Crippen molar-refractivity contribution in [3.63, 3.8) is 0 Å². The minimum atomic E-state index is -0.528. The number of esters is 1. The third-order valence-corrected chi connectivity index (χ3v) is 4.46. The van der Waals surface area contributed by atoms with Gasteiger partial charge in [-0.2, -0.15) is 0 Å². The van der Waals surface area contributed by atoms with Crippen molar-refractivity contribution in [1.29, 1.82) is 0 Å². The average molecular weight is 329 g/mol. The third-order valence-electron chi connectivity index (χ3n) is 4.46. The van der Waals surface area contributed by atoms with E-state index in [1.165, 1.54) is 0 Å². The molecular weight excluding hydrogens is 302 g/mol. The molecular formula is C19H27N3O2. The second-order valence-electron chi connectivity index (χ2n) is 7.94.